The lowest BCUT2D eigenvalue weighted by Gasteiger charge is -2.03. The maximum absolute atomic E-state index is 8.95. The third-order valence-corrected chi connectivity index (χ3v) is 3.37. The monoisotopic (exact) mass is 268 g/mol. The lowest BCUT2D eigenvalue weighted by atomic mass is 10.1. The summed E-state index contributed by atoms with van der Waals surface area (Å²) in [5, 5.41) is 17.9. The van der Waals surface area contributed by atoms with Gasteiger partial charge in [0.15, 0.2) is 11.5 Å². The third kappa shape index (κ3) is 1.94. The molecule has 0 N–H and O–H groups in total. The lowest BCUT2D eigenvalue weighted by Crippen LogP contribution is -1.91. The van der Waals surface area contributed by atoms with E-state index in [-0.39, 0.29) is 0 Å². The summed E-state index contributed by atoms with van der Waals surface area (Å²) in [5.74, 6) is 0.675. The van der Waals surface area contributed by atoms with E-state index < -0.39 is 0 Å². The number of halogens is 1. The van der Waals surface area contributed by atoms with E-state index >= 15 is 0 Å². The van der Waals surface area contributed by atoms with E-state index in [2.05, 4.69) is 16.3 Å². The molecule has 0 atom stereocenters. The molecule has 0 aliphatic rings. The quantitative estimate of drug-likeness (QED) is 0.681. The Balaban J connectivity index is 2.24. The summed E-state index contributed by atoms with van der Waals surface area (Å²) < 4.78 is 1.79. The molecule has 2 aromatic heterocycles. The van der Waals surface area contributed by atoms with E-state index in [9.17, 15) is 0 Å². The van der Waals surface area contributed by atoms with Gasteiger partial charge in [-0.15, -0.1) is 10.2 Å². The van der Waals surface area contributed by atoms with Gasteiger partial charge >= 0.3 is 0 Å². The second-order valence-corrected chi connectivity index (χ2v) is 4.65. The molecule has 0 spiro atoms. The zero-order chi connectivity index (χ0) is 13.4. The Morgan fingerprint density at radius 3 is 2.79 bits per heavy atom. The van der Waals surface area contributed by atoms with Gasteiger partial charge in [0.2, 0.25) is 0 Å². The molecular weight excluding hydrogens is 260 g/mol. The topological polar surface area (TPSA) is 54.0 Å². The van der Waals surface area contributed by atoms with Crippen molar-refractivity contribution in [3.05, 3.63) is 52.7 Å². The molecule has 1 aromatic carbocycles. The number of nitrogens with zero attached hydrogens (tertiary/aromatic N) is 4. The minimum Gasteiger partial charge on any atom is -0.281 e. The predicted molar refractivity (Wildman–Crippen MR) is 72.9 cm³/mol. The third-order valence-electron chi connectivity index (χ3n) is 2.96. The number of rotatable bonds is 1. The van der Waals surface area contributed by atoms with Crippen molar-refractivity contribution in [1.29, 1.82) is 5.26 Å². The second-order valence-electron chi connectivity index (χ2n) is 4.25. The molecule has 0 saturated carbocycles. The van der Waals surface area contributed by atoms with Crippen LogP contribution in [0, 0.1) is 18.3 Å². The molecule has 0 unspecified atom stereocenters. The molecule has 5 heteroatoms. The van der Waals surface area contributed by atoms with Crippen LogP contribution in [0.5, 0.6) is 0 Å². The number of benzene rings is 1. The lowest BCUT2D eigenvalue weighted by molar-refractivity contribution is 1.11. The van der Waals surface area contributed by atoms with Crippen LogP contribution in [-0.4, -0.2) is 14.6 Å². The van der Waals surface area contributed by atoms with Gasteiger partial charge in [0, 0.05) is 16.8 Å². The molecule has 0 amide bonds. The second kappa shape index (κ2) is 4.38. The number of pyridine rings is 1. The van der Waals surface area contributed by atoms with Crippen LogP contribution in [0.2, 0.25) is 5.02 Å². The summed E-state index contributed by atoms with van der Waals surface area (Å²) in [5.41, 5.74) is 3.15. The van der Waals surface area contributed by atoms with E-state index in [1.165, 1.54) is 0 Å². The van der Waals surface area contributed by atoms with Gasteiger partial charge in [-0.2, -0.15) is 5.26 Å². The fourth-order valence-electron chi connectivity index (χ4n) is 1.89. The first-order chi connectivity index (χ1) is 9.19. The Bertz CT molecular complexity index is 814. The summed E-state index contributed by atoms with van der Waals surface area (Å²) in [7, 11) is 0. The number of hydrogen-bond donors (Lipinski definition) is 0. The van der Waals surface area contributed by atoms with Crippen molar-refractivity contribution >= 4 is 17.2 Å². The number of fused-ring (bicyclic) bond motifs is 1. The Kier molecular flexibility index (Phi) is 2.69. The number of hydrogen-bond acceptors (Lipinski definition) is 3. The van der Waals surface area contributed by atoms with Crippen molar-refractivity contribution < 1.29 is 0 Å². The Hall–Kier alpha value is -2.38. The van der Waals surface area contributed by atoms with Crippen molar-refractivity contribution in [2.45, 2.75) is 6.92 Å². The summed E-state index contributed by atoms with van der Waals surface area (Å²) in [6.07, 6.45) is 1.72. The van der Waals surface area contributed by atoms with Crippen LogP contribution in [0.3, 0.4) is 0 Å². The molecule has 92 valence electrons. The van der Waals surface area contributed by atoms with Crippen LogP contribution in [0.15, 0.2) is 36.5 Å². The standard InChI is InChI=1S/C14H9ClN4/c1-9-2-4-11(6-12(9)15)14-18-17-13-5-3-10(7-16)8-19(13)14/h2-6,8H,1H3. The fourth-order valence-corrected chi connectivity index (χ4v) is 2.07. The summed E-state index contributed by atoms with van der Waals surface area (Å²) in [4.78, 5) is 0. The van der Waals surface area contributed by atoms with E-state index in [1.807, 2.05) is 25.1 Å². The van der Waals surface area contributed by atoms with Crippen LogP contribution in [0.25, 0.3) is 17.0 Å². The first-order valence-electron chi connectivity index (χ1n) is 5.70. The maximum Gasteiger partial charge on any atom is 0.168 e. The largest absolute Gasteiger partial charge is 0.281 e. The Morgan fingerprint density at radius 1 is 1.21 bits per heavy atom. The normalized spacial score (nSPS) is 10.6. The van der Waals surface area contributed by atoms with Gasteiger partial charge in [-0.3, -0.25) is 4.40 Å². The van der Waals surface area contributed by atoms with Gasteiger partial charge in [-0.05, 0) is 30.7 Å². The van der Waals surface area contributed by atoms with Crippen LogP contribution < -0.4 is 0 Å². The predicted octanol–water partition coefficient (Wildman–Crippen LogP) is 3.23. The SMILES string of the molecule is Cc1ccc(-c2nnc3ccc(C#N)cn23)cc1Cl. The molecule has 19 heavy (non-hydrogen) atoms. The molecule has 2 heterocycles. The van der Waals surface area contributed by atoms with E-state index in [0.29, 0.717) is 22.1 Å². The Morgan fingerprint density at radius 2 is 2.05 bits per heavy atom. The molecule has 0 aliphatic carbocycles. The van der Waals surface area contributed by atoms with Crippen LogP contribution >= 0.6 is 11.6 Å². The van der Waals surface area contributed by atoms with Crippen molar-refractivity contribution in [1.82, 2.24) is 14.6 Å². The first kappa shape index (κ1) is 11.7. The average Bonchev–Trinajstić information content (AvgIpc) is 2.84. The van der Waals surface area contributed by atoms with Crippen LogP contribution in [0.4, 0.5) is 0 Å². The molecular formula is C14H9ClN4. The highest BCUT2D eigenvalue weighted by Crippen LogP contribution is 2.24. The zero-order valence-corrected chi connectivity index (χ0v) is 10.9. The number of nitriles is 1. The van der Waals surface area contributed by atoms with Crippen molar-refractivity contribution in [2.75, 3.05) is 0 Å². The van der Waals surface area contributed by atoms with Crippen molar-refractivity contribution in [2.24, 2.45) is 0 Å². The van der Waals surface area contributed by atoms with Gasteiger partial charge in [-0.25, -0.2) is 0 Å². The van der Waals surface area contributed by atoms with Crippen LogP contribution in [-0.2, 0) is 0 Å². The first-order valence-corrected chi connectivity index (χ1v) is 6.08. The maximum atomic E-state index is 8.95. The summed E-state index contributed by atoms with van der Waals surface area (Å²) in [6, 6.07) is 11.3. The fraction of sp³-hybridized carbons (Fsp3) is 0.0714. The summed E-state index contributed by atoms with van der Waals surface area (Å²) in [6.45, 7) is 1.95. The van der Waals surface area contributed by atoms with Gasteiger partial charge in [-0.1, -0.05) is 23.7 Å². The molecule has 0 fully saturated rings. The summed E-state index contributed by atoms with van der Waals surface area (Å²) >= 11 is 6.13. The highest BCUT2D eigenvalue weighted by Gasteiger charge is 2.09. The van der Waals surface area contributed by atoms with Crippen LogP contribution in [0.1, 0.15) is 11.1 Å². The smallest absolute Gasteiger partial charge is 0.168 e. The molecule has 0 bridgehead atoms. The van der Waals surface area contributed by atoms with E-state index in [0.717, 1.165) is 11.1 Å². The van der Waals surface area contributed by atoms with Crippen molar-refractivity contribution in [3.8, 4) is 17.5 Å². The minimum absolute atomic E-state index is 0.562. The highest BCUT2D eigenvalue weighted by molar-refractivity contribution is 6.31. The minimum atomic E-state index is 0.562. The Labute approximate surface area is 114 Å². The highest BCUT2D eigenvalue weighted by atomic mass is 35.5. The molecule has 3 rings (SSSR count). The van der Waals surface area contributed by atoms with Gasteiger partial charge in [0.1, 0.15) is 6.07 Å². The zero-order valence-electron chi connectivity index (χ0n) is 10.1. The molecule has 4 nitrogen and oxygen atoms in total. The molecule has 0 radical (unpaired) electrons. The molecule has 0 saturated heterocycles. The van der Waals surface area contributed by atoms with Gasteiger partial charge in [0.25, 0.3) is 0 Å². The number of aryl methyl sites for hydroxylation is 1. The van der Waals surface area contributed by atoms with E-state index in [1.54, 1.807) is 22.7 Å². The number of aromatic nitrogens is 3. The van der Waals surface area contributed by atoms with E-state index in [4.69, 9.17) is 16.9 Å². The average molecular weight is 269 g/mol. The molecule has 0 aliphatic heterocycles. The molecule has 3 aromatic rings. The van der Waals surface area contributed by atoms with Gasteiger partial charge < -0.3 is 0 Å². The van der Waals surface area contributed by atoms with Gasteiger partial charge in [0.05, 0.1) is 5.56 Å². The van der Waals surface area contributed by atoms with Crippen molar-refractivity contribution in [3.63, 3.8) is 0 Å².